The molecule has 0 bridgehead atoms. The largest absolute Gasteiger partial charge is 0.508 e. The van der Waals surface area contributed by atoms with Crippen LogP contribution in [-0.2, 0) is 27.3 Å². The minimum absolute atomic E-state index is 0.0747. The zero-order chi connectivity index (χ0) is 29.3. The van der Waals surface area contributed by atoms with Crippen molar-refractivity contribution in [2.75, 3.05) is 33.1 Å². The first-order valence-electron chi connectivity index (χ1n) is 13.0. The number of aliphatic hydroxyl groups is 3. The molecule has 2 aromatic rings. The first-order valence-corrected chi connectivity index (χ1v) is 13.0. The third-order valence-electron chi connectivity index (χ3n) is 8.29. The molecule has 1 fully saturated rings. The highest BCUT2D eigenvalue weighted by Gasteiger charge is 2.60. The fraction of sp³-hybridized carbons (Fsp3) is 0.367. The topological polar surface area (TPSA) is 165 Å². The molecule has 0 unspecified atom stereocenters. The van der Waals surface area contributed by atoms with Crippen LogP contribution in [0.5, 0.6) is 5.75 Å². The number of rotatable bonds is 5. The Labute approximate surface area is 231 Å². The number of hydrogen-bond acceptors (Lipinski definition) is 9. The third-order valence-corrected chi connectivity index (χ3v) is 8.29. The van der Waals surface area contributed by atoms with Crippen molar-refractivity contribution in [3.63, 3.8) is 0 Å². The van der Waals surface area contributed by atoms with Crippen LogP contribution < -0.4 is 10.6 Å². The van der Waals surface area contributed by atoms with E-state index in [4.69, 9.17) is 5.73 Å². The maximum Gasteiger partial charge on any atom is 0.255 e. The lowest BCUT2D eigenvalue weighted by Gasteiger charge is -2.46. The van der Waals surface area contributed by atoms with Crippen molar-refractivity contribution in [2.45, 2.75) is 31.4 Å². The van der Waals surface area contributed by atoms with Gasteiger partial charge < -0.3 is 36.0 Å². The zero-order valence-corrected chi connectivity index (χ0v) is 22.9. The molecular formula is C30H33N3O7. The number of carbonyl (C=O) groups excluding carboxylic acids is 3. The molecule has 3 aliphatic rings. The van der Waals surface area contributed by atoms with Crippen molar-refractivity contribution in [2.24, 2.45) is 17.6 Å². The second kappa shape index (κ2) is 9.50. The molecule has 0 saturated heterocycles. The molecule has 0 aromatic heterocycles. The van der Waals surface area contributed by atoms with E-state index in [-0.39, 0.29) is 36.1 Å². The minimum Gasteiger partial charge on any atom is -0.508 e. The summed E-state index contributed by atoms with van der Waals surface area (Å²) in [4.78, 5) is 42.1. The average Bonchev–Trinajstić information content (AvgIpc) is 2.86. The number of hydrogen-bond donors (Lipinski definition) is 5. The second-order valence-electron chi connectivity index (χ2n) is 11.4. The van der Waals surface area contributed by atoms with Gasteiger partial charge in [0, 0.05) is 49.8 Å². The molecule has 0 heterocycles. The van der Waals surface area contributed by atoms with Crippen molar-refractivity contribution in [3.05, 3.63) is 63.9 Å². The predicted molar refractivity (Wildman–Crippen MR) is 149 cm³/mol. The molecule has 210 valence electrons. The highest BCUT2D eigenvalue weighted by Crippen LogP contribution is 2.54. The number of aliphatic hydroxyl groups excluding tert-OH is 2. The van der Waals surface area contributed by atoms with E-state index in [0.29, 0.717) is 16.7 Å². The predicted octanol–water partition coefficient (Wildman–Crippen LogP) is 2.22. The number of Topliss-reactive ketones (excluding diaryl/α,β-unsaturated/α-hetero) is 2. The van der Waals surface area contributed by atoms with E-state index >= 15 is 0 Å². The molecule has 40 heavy (non-hydrogen) atoms. The first-order chi connectivity index (χ1) is 18.8. The second-order valence-corrected chi connectivity index (χ2v) is 11.4. The molecule has 2 aromatic carbocycles. The number of fused-ring (bicyclic) bond motifs is 3. The summed E-state index contributed by atoms with van der Waals surface area (Å²) >= 11 is 0. The Bertz CT molecular complexity index is 1520. The zero-order valence-electron chi connectivity index (χ0n) is 22.9. The van der Waals surface area contributed by atoms with E-state index in [1.54, 1.807) is 0 Å². The van der Waals surface area contributed by atoms with Gasteiger partial charge >= 0.3 is 0 Å². The van der Waals surface area contributed by atoms with Crippen molar-refractivity contribution in [3.8, 4) is 16.9 Å². The van der Waals surface area contributed by atoms with Crippen molar-refractivity contribution >= 4 is 28.9 Å². The van der Waals surface area contributed by atoms with E-state index in [1.165, 1.54) is 0 Å². The van der Waals surface area contributed by atoms with Gasteiger partial charge in [-0.25, -0.2) is 0 Å². The third kappa shape index (κ3) is 3.98. The molecule has 0 spiro atoms. The van der Waals surface area contributed by atoms with Crippen LogP contribution in [0.3, 0.4) is 0 Å². The highest BCUT2D eigenvalue weighted by atomic mass is 16.3. The van der Waals surface area contributed by atoms with Crippen LogP contribution in [0, 0.1) is 11.8 Å². The monoisotopic (exact) mass is 547 g/mol. The van der Waals surface area contributed by atoms with E-state index in [1.807, 2.05) is 68.3 Å². The van der Waals surface area contributed by atoms with Crippen molar-refractivity contribution < 1.29 is 34.8 Å². The maximum absolute atomic E-state index is 13.8. The van der Waals surface area contributed by atoms with Crippen LogP contribution in [0.2, 0.25) is 0 Å². The normalized spacial score (nSPS) is 24.1. The number of nitrogens with two attached hydrogens (primary N) is 1. The van der Waals surface area contributed by atoms with E-state index in [9.17, 15) is 34.8 Å². The number of nitrogens with zero attached hydrogens (tertiary/aromatic N) is 2. The van der Waals surface area contributed by atoms with Gasteiger partial charge in [-0.2, -0.15) is 0 Å². The molecule has 3 atom stereocenters. The molecule has 1 amide bonds. The smallest absolute Gasteiger partial charge is 0.255 e. The van der Waals surface area contributed by atoms with Crippen LogP contribution in [0.15, 0.2) is 47.2 Å². The number of aromatic hydroxyl groups is 1. The number of phenolic OH excluding ortho intramolecular Hbond substituents is 1. The summed E-state index contributed by atoms with van der Waals surface area (Å²) in [6.07, 6.45) is -0.0142. The summed E-state index contributed by atoms with van der Waals surface area (Å²) in [5.74, 6) is -6.39. The van der Waals surface area contributed by atoms with Gasteiger partial charge in [-0.3, -0.25) is 14.4 Å². The van der Waals surface area contributed by atoms with Gasteiger partial charge in [-0.15, -0.1) is 0 Å². The number of phenols is 1. The first kappa shape index (κ1) is 27.4. The van der Waals surface area contributed by atoms with Crippen LogP contribution in [0.1, 0.15) is 29.5 Å². The lowest BCUT2D eigenvalue weighted by molar-refractivity contribution is -0.147. The quantitative estimate of drug-likeness (QED) is 0.353. The van der Waals surface area contributed by atoms with Gasteiger partial charge in [0.05, 0.1) is 5.56 Å². The Balaban J connectivity index is 1.69. The SMILES string of the molecule is CN(C)Cc1ccc(-c2cc(N(C)C)c3c(c2O)C(O)=C2C(=O)[C@]4(O)C(O)=C(C(N)=O)C(=O)C[C@@H]4C[C@@H]2C3)cc1. The molecule has 0 radical (unpaired) electrons. The van der Waals surface area contributed by atoms with E-state index < -0.39 is 52.0 Å². The Morgan fingerprint density at radius 2 is 1.70 bits per heavy atom. The fourth-order valence-corrected chi connectivity index (χ4v) is 6.44. The highest BCUT2D eigenvalue weighted by molar-refractivity contribution is 6.22. The molecule has 5 rings (SSSR count). The number of primary amides is 1. The van der Waals surface area contributed by atoms with Crippen LogP contribution in [0.4, 0.5) is 5.69 Å². The molecule has 10 nitrogen and oxygen atoms in total. The number of anilines is 1. The van der Waals surface area contributed by atoms with Crippen LogP contribution in [0.25, 0.3) is 16.9 Å². The number of carbonyl (C=O) groups is 3. The number of ketones is 2. The molecular weight excluding hydrogens is 514 g/mol. The molecule has 3 aliphatic carbocycles. The average molecular weight is 548 g/mol. The Kier molecular flexibility index (Phi) is 6.51. The lowest BCUT2D eigenvalue weighted by Crippen LogP contribution is -2.58. The van der Waals surface area contributed by atoms with E-state index in [2.05, 4.69) is 0 Å². The van der Waals surface area contributed by atoms with E-state index in [0.717, 1.165) is 17.8 Å². The Morgan fingerprint density at radius 3 is 2.27 bits per heavy atom. The lowest BCUT2D eigenvalue weighted by atomic mass is 9.59. The number of amides is 1. The van der Waals surface area contributed by atoms with Crippen LogP contribution >= 0.6 is 0 Å². The summed E-state index contributed by atoms with van der Waals surface area (Å²) in [5, 5.41) is 45.3. The Hall–Kier alpha value is -4.15. The molecule has 6 N–H and O–H groups in total. The van der Waals surface area contributed by atoms with Crippen LogP contribution in [-0.4, -0.2) is 76.6 Å². The Morgan fingerprint density at radius 1 is 1.05 bits per heavy atom. The van der Waals surface area contributed by atoms with Crippen molar-refractivity contribution in [1.82, 2.24) is 4.90 Å². The van der Waals surface area contributed by atoms with Crippen molar-refractivity contribution in [1.29, 1.82) is 0 Å². The fourth-order valence-electron chi connectivity index (χ4n) is 6.44. The minimum atomic E-state index is -2.59. The summed E-state index contributed by atoms with van der Waals surface area (Å²) < 4.78 is 0. The standard InChI is InChI=1S/C30H33N3O7/c1-32(2)13-14-5-7-15(8-6-14)18-12-20(33(3)4)19-10-16-9-17-11-21(34)24(29(31)39)28(38)30(17,40)27(37)22(16)26(36)23(19)25(18)35/h5-8,12,16-17,35-36,38,40H,9-11,13H2,1-4H3,(H2,31,39)/t16-,17+,30+/m1/s1. The summed E-state index contributed by atoms with van der Waals surface area (Å²) in [5.41, 5.74) is 5.38. The van der Waals surface area contributed by atoms with Gasteiger partial charge in [0.1, 0.15) is 22.8 Å². The van der Waals surface area contributed by atoms with Gasteiger partial charge in [0.25, 0.3) is 5.91 Å². The summed E-state index contributed by atoms with van der Waals surface area (Å²) in [6.45, 7) is 0.740. The van der Waals surface area contributed by atoms with Gasteiger partial charge in [0.15, 0.2) is 11.4 Å². The van der Waals surface area contributed by atoms with Gasteiger partial charge in [-0.05, 0) is 55.6 Å². The molecule has 1 saturated carbocycles. The number of benzene rings is 2. The summed E-state index contributed by atoms with van der Waals surface area (Å²) in [7, 11) is 7.62. The molecule has 10 heteroatoms. The van der Waals surface area contributed by atoms with Gasteiger partial charge in [0.2, 0.25) is 5.78 Å². The van der Waals surface area contributed by atoms with Gasteiger partial charge in [-0.1, -0.05) is 24.3 Å². The summed E-state index contributed by atoms with van der Waals surface area (Å²) in [6, 6.07) is 9.50. The molecule has 0 aliphatic heterocycles. The maximum atomic E-state index is 13.8.